The lowest BCUT2D eigenvalue weighted by atomic mass is 10.0. The first-order chi connectivity index (χ1) is 7.81. The van der Waals surface area contributed by atoms with Gasteiger partial charge in [0.1, 0.15) is 6.67 Å². The Bertz CT molecular complexity index is 344. The molecule has 104 valence electrons. The molecule has 1 aliphatic rings. The van der Waals surface area contributed by atoms with Gasteiger partial charge in [0.05, 0.1) is 6.04 Å². The van der Waals surface area contributed by atoms with Crippen molar-refractivity contribution in [1.82, 2.24) is 10.2 Å². The highest BCUT2D eigenvalue weighted by Crippen LogP contribution is 2.22. The van der Waals surface area contributed by atoms with Crippen molar-refractivity contribution < 1.29 is 4.39 Å². The van der Waals surface area contributed by atoms with Gasteiger partial charge in [0, 0.05) is 26.2 Å². The van der Waals surface area contributed by atoms with E-state index in [4.69, 9.17) is 0 Å². The van der Waals surface area contributed by atoms with Crippen LogP contribution in [0.2, 0.25) is 0 Å². The van der Waals surface area contributed by atoms with E-state index >= 15 is 0 Å². The molecule has 0 bridgehead atoms. The number of nitrogens with one attached hydrogen (secondary N) is 1. The van der Waals surface area contributed by atoms with Gasteiger partial charge in [0.2, 0.25) is 0 Å². The monoisotopic (exact) mass is 294 g/mol. The van der Waals surface area contributed by atoms with Gasteiger partial charge in [-0.15, -0.1) is 24.8 Å². The lowest BCUT2D eigenvalue weighted by Crippen LogP contribution is -2.45. The van der Waals surface area contributed by atoms with Gasteiger partial charge in [0.15, 0.2) is 0 Å². The fourth-order valence-corrected chi connectivity index (χ4v) is 2.27. The number of hydrogen-bond acceptors (Lipinski definition) is 2. The van der Waals surface area contributed by atoms with Gasteiger partial charge in [0.25, 0.3) is 0 Å². The average Bonchev–Trinajstić information content (AvgIpc) is 2.31. The minimum Gasteiger partial charge on any atom is -0.314 e. The maximum absolute atomic E-state index is 13.2. The van der Waals surface area contributed by atoms with Gasteiger partial charge in [-0.05, 0) is 12.5 Å². The van der Waals surface area contributed by atoms with Gasteiger partial charge in [-0.25, -0.2) is 4.39 Å². The highest BCUT2D eigenvalue weighted by molar-refractivity contribution is 5.85. The van der Waals surface area contributed by atoms with E-state index in [9.17, 15) is 4.39 Å². The zero-order valence-electron chi connectivity index (χ0n) is 10.6. The van der Waals surface area contributed by atoms with E-state index in [1.165, 1.54) is 5.56 Å². The van der Waals surface area contributed by atoms with Crippen LogP contribution in [-0.2, 0) is 0 Å². The van der Waals surface area contributed by atoms with Crippen LogP contribution in [-0.4, -0.2) is 37.8 Å². The Labute approximate surface area is 121 Å². The normalized spacial score (nSPS) is 17.4. The average molecular weight is 295 g/mol. The molecule has 5 heteroatoms. The van der Waals surface area contributed by atoms with Crippen LogP contribution in [0.4, 0.5) is 4.39 Å². The van der Waals surface area contributed by atoms with Crippen LogP contribution in [0.15, 0.2) is 24.3 Å². The number of piperazine rings is 1. The minimum atomic E-state index is -0.302. The highest BCUT2D eigenvalue weighted by Gasteiger charge is 2.21. The van der Waals surface area contributed by atoms with Crippen LogP contribution in [0, 0.1) is 6.92 Å². The Kier molecular flexibility index (Phi) is 8.53. The number of nitrogens with zero attached hydrogens (tertiary/aromatic N) is 1. The molecule has 2 rings (SSSR count). The summed E-state index contributed by atoms with van der Waals surface area (Å²) in [6.45, 7) is 5.54. The van der Waals surface area contributed by atoms with Crippen molar-refractivity contribution in [3.8, 4) is 0 Å². The number of aryl methyl sites for hydroxylation is 1. The number of hydrogen-bond donors (Lipinski definition) is 1. The quantitative estimate of drug-likeness (QED) is 0.922. The molecule has 1 aromatic carbocycles. The minimum absolute atomic E-state index is 0. The fourth-order valence-electron chi connectivity index (χ4n) is 2.27. The molecule has 1 saturated heterocycles. The summed E-state index contributed by atoms with van der Waals surface area (Å²) in [5, 5.41) is 3.29. The maximum Gasteiger partial charge on any atom is 0.109 e. The Morgan fingerprint density at radius 2 is 1.94 bits per heavy atom. The summed E-state index contributed by atoms with van der Waals surface area (Å²) >= 11 is 0. The van der Waals surface area contributed by atoms with Crippen LogP contribution in [0.3, 0.4) is 0 Å². The predicted molar refractivity (Wildman–Crippen MR) is 78.8 cm³/mol. The molecule has 0 spiro atoms. The van der Waals surface area contributed by atoms with Crippen molar-refractivity contribution in [2.24, 2.45) is 0 Å². The van der Waals surface area contributed by atoms with Gasteiger partial charge in [-0.2, -0.15) is 0 Å². The van der Waals surface area contributed by atoms with Crippen molar-refractivity contribution in [1.29, 1.82) is 0 Å². The van der Waals surface area contributed by atoms with Gasteiger partial charge in [-0.1, -0.05) is 29.8 Å². The third-order valence-corrected chi connectivity index (χ3v) is 3.17. The summed E-state index contributed by atoms with van der Waals surface area (Å²) in [5.41, 5.74) is 2.30. The van der Waals surface area contributed by atoms with Crippen molar-refractivity contribution in [2.75, 3.05) is 32.9 Å². The van der Waals surface area contributed by atoms with E-state index < -0.39 is 0 Å². The van der Waals surface area contributed by atoms with E-state index in [0.717, 1.165) is 31.7 Å². The summed E-state index contributed by atoms with van der Waals surface area (Å²) in [6, 6.07) is 8.11. The van der Waals surface area contributed by atoms with E-state index in [1.807, 2.05) is 12.1 Å². The van der Waals surface area contributed by atoms with Crippen molar-refractivity contribution in [2.45, 2.75) is 13.0 Å². The summed E-state index contributed by atoms with van der Waals surface area (Å²) in [7, 11) is 0. The van der Waals surface area contributed by atoms with Crippen LogP contribution >= 0.6 is 24.8 Å². The van der Waals surface area contributed by atoms with E-state index in [1.54, 1.807) is 0 Å². The lowest BCUT2D eigenvalue weighted by molar-refractivity contribution is 0.147. The molecule has 1 fully saturated rings. The number of alkyl halides is 1. The third kappa shape index (κ3) is 4.39. The van der Waals surface area contributed by atoms with Gasteiger partial charge < -0.3 is 5.32 Å². The molecule has 0 aliphatic carbocycles. The molecule has 1 aliphatic heterocycles. The summed E-state index contributed by atoms with van der Waals surface area (Å²) in [4.78, 5) is 2.23. The van der Waals surface area contributed by atoms with E-state index in [0.29, 0.717) is 0 Å². The molecule has 1 heterocycles. The molecule has 0 saturated carbocycles. The molecule has 1 N–H and O–H groups in total. The first kappa shape index (κ1) is 17.6. The fraction of sp³-hybridized carbons (Fsp3) is 0.538. The maximum atomic E-state index is 13.2. The molecule has 2 nitrogen and oxygen atoms in total. The number of benzene rings is 1. The molecule has 1 aromatic rings. The largest absolute Gasteiger partial charge is 0.314 e. The first-order valence-electron chi connectivity index (χ1n) is 5.88. The number of rotatable bonds is 3. The second-order valence-electron chi connectivity index (χ2n) is 4.37. The number of halogens is 3. The predicted octanol–water partition coefficient (Wildman–Crippen LogP) is 2.75. The van der Waals surface area contributed by atoms with Crippen molar-refractivity contribution >= 4 is 24.8 Å². The lowest BCUT2D eigenvalue weighted by Gasteiger charge is -2.33. The Hall–Kier alpha value is -0.350. The molecule has 1 atom stereocenters. The Balaban J connectivity index is 0.00000144. The third-order valence-electron chi connectivity index (χ3n) is 3.17. The second-order valence-corrected chi connectivity index (χ2v) is 4.37. The van der Waals surface area contributed by atoms with E-state index in [2.05, 4.69) is 29.3 Å². The molecule has 0 unspecified atom stereocenters. The summed E-state index contributed by atoms with van der Waals surface area (Å²) in [5.74, 6) is 0. The summed E-state index contributed by atoms with van der Waals surface area (Å²) < 4.78 is 13.2. The standard InChI is InChI=1S/C13H19FN2.2ClH/c1-11-3-2-4-12(9-11)13(10-14)16-7-5-15-6-8-16;;/h2-4,9,13,15H,5-8,10H2,1H3;2*1H/t13-;;/m0../s1. The van der Waals surface area contributed by atoms with Crippen molar-refractivity contribution in [3.63, 3.8) is 0 Å². The highest BCUT2D eigenvalue weighted by atomic mass is 35.5. The van der Waals surface area contributed by atoms with Crippen LogP contribution in [0.1, 0.15) is 17.2 Å². The zero-order valence-corrected chi connectivity index (χ0v) is 12.2. The summed E-state index contributed by atoms with van der Waals surface area (Å²) in [6.07, 6.45) is 0. The molecular formula is C13H21Cl2FN2. The SMILES string of the molecule is Cc1cccc([C@H](CF)N2CCNCC2)c1.Cl.Cl. The topological polar surface area (TPSA) is 15.3 Å². The Morgan fingerprint density at radius 1 is 1.28 bits per heavy atom. The zero-order chi connectivity index (χ0) is 11.4. The molecule has 0 aromatic heterocycles. The molecule has 0 radical (unpaired) electrons. The molecular weight excluding hydrogens is 274 g/mol. The Morgan fingerprint density at radius 3 is 2.50 bits per heavy atom. The van der Waals surface area contributed by atoms with Crippen LogP contribution < -0.4 is 5.32 Å². The van der Waals surface area contributed by atoms with Crippen molar-refractivity contribution in [3.05, 3.63) is 35.4 Å². The van der Waals surface area contributed by atoms with Gasteiger partial charge in [-0.3, -0.25) is 4.90 Å². The smallest absolute Gasteiger partial charge is 0.109 e. The molecule has 0 amide bonds. The van der Waals surface area contributed by atoms with Crippen LogP contribution in [0.25, 0.3) is 0 Å². The van der Waals surface area contributed by atoms with Crippen LogP contribution in [0.5, 0.6) is 0 Å². The second kappa shape index (κ2) is 8.70. The van der Waals surface area contributed by atoms with Gasteiger partial charge >= 0.3 is 0 Å². The molecule has 18 heavy (non-hydrogen) atoms. The van der Waals surface area contributed by atoms with E-state index in [-0.39, 0.29) is 37.5 Å². The first-order valence-corrected chi connectivity index (χ1v) is 5.88.